The quantitative estimate of drug-likeness (QED) is 0.531. The maximum absolute atomic E-state index is 5.88. The van der Waals surface area contributed by atoms with Gasteiger partial charge in [-0.1, -0.05) is 52.4 Å². The molecule has 0 aliphatic carbocycles. The summed E-state index contributed by atoms with van der Waals surface area (Å²) >= 11 is 0. The number of unbranched alkanes of at least 4 members (excludes halogenated alkanes) is 6. The van der Waals surface area contributed by atoms with E-state index in [9.17, 15) is 0 Å². The Kier molecular flexibility index (Phi) is 10.8. The summed E-state index contributed by atoms with van der Waals surface area (Å²) in [5, 5.41) is 0. The predicted molar refractivity (Wildman–Crippen MR) is 83.0 cm³/mol. The average molecular weight is 256 g/mol. The van der Waals surface area contributed by atoms with Crippen LogP contribution in [0.4, 0.5) is 0 Å². The molecule has 0 saturated heterocycles. The Morgan fingerprint density at radius 3 is 1.83 bits per heavy atom. The van der Waals surface area contributed by atoms with E-state index in [4.69, 9.17) is 5.73 Å². The molecule has 0 bridgehead atoms. The predicted octanol–water partition coefficient (Wildman–Crippen LogP) is 4.19. The van der Waals surface area contributed by atoms with Gasteiger partial charge in [0.2, 0.25) is 0 Å². The second-order valence-electron chi connectivity index (χ2n) is 6.12. The molecule has 0 atom stereocenters. The summed E-state index contributed by atoms with van der Waals surface area (Å²) in [6, 6.07) is 0. The van der Waals surface area contributed by atoms with Gasteiger partial charge in [0.15, 0.2) is 0 Å². The molecule has 0 unspecified atom stereocenters. The van der Waals surface area contributed by atoms with Crippen molar-refractivity contribution in [3.8, 4) is 0 Å². The Morgan fingerprint density at radius 1 is 0.778 bits per heavy atom. The number of nitrogens with zero attached hydrogens (tertiary/aromatic N) is 1. The molecule has 18 heavy (non-hydrogen) atoms. The van der Waals surface area contributed by atoms with E-state index in [2.05, 4.69) is 32.6 Å². The summed E-state index contributed by atoms with van der Waals surface area (Å²) in [4.78, 5) is 2.57. The summed E-state index contributed by atoms with van der Waals surface area (Å²) in [6.45, 7) is 12.2. The van der Waals surface area contributed by atoms with Crippen LogP contribution in [0.3, 0.4) is 0 Å². The van der Waals surface area contributed by atoms with Crippen LogP contribution < -0.4 is 5.73 Å². The van der Waals surface area contributed by atoms with Crippen molar-refractivity contribution in [1.29, 1.82) is 0 Å². The molecular weight excluding hydrogens is 220 g/mol. The molecule has 0 aliphatic rings. The molecule has 0 heterocycles. The fourth-order valence-corrected chi connectivity index (χ4v) is 2.38. The van der Waals surface area contributed by atoms with Gasteiger partial charge >= 0.3 is 0 Å². The molecule has 0 aromatic carbocycles. The van der Waals surface area contributed by atoms with E-state index in [1.807, 2.05) is 0 Å². The first-order valence-corrected chi connectivity index (χ1v) is 8.03. The van der Waals surface area contributed by atoms with Gasteiger partial charge in [0.05, 0.1) is 0 Å². The fourth-order valence-electron chi connectivity index (χ4n) is 2.38. The van der Waals surface area contributed by atoms with Crippen LogP contribution in [0.5, 0.6) is 0 Å². The second kappa shape index (κ2) is 10.8. The van der Waals surface area contributed by atoms with E-state index in [1.165, 1.54) is 64.5 Å². The zero-order valence-electron chi connectivity index (χ0n) is 13.3. The minimum atomic E-state index is 0.165. The number of nitrogens with two attached hydrogens (primary N) is 1. The molecular formula is C16H36N2. The van der Waals surface area contributed by atoms with E-state index in [0.29, 0.717) is 0 Å². The topological polar surface area (TPSA) is 29.3 Å². The third-order valence-electron chi connectivity index (χ3n) is 3.88. The maximum Gasteiger partial charge on any atom is 0.0275 e. The molecule has 2 N–H and O–H groups in total. The molecule has 0 fully saturated rings. The molecule has 0 aliphatic heterocycles. The number of rotatable bonds is 12. The van der Waals surface area contributed by atoms with Crippen molar-refractivity contribution in [2.75, 3.05) is 19.6 Å². The normalized spacial score (nSPS) is 12.3. The highest BCUT2D eigenvalue weighted by Gasteiger charge is 2.23. The first-order chi connectivity index (χ1) is 8.58. The summed E-state index contributed by atoms with van der Waals surface area (Å²) < 4.78 is 0. The van der Waals surface area contributed by atoms with Crippen LogP contribution in [0, 0.1) is 0 Å². The summed E-state index contributed by atoms with van der Waals surface area (Å²) in [6.07, 6.45) is 10.9. The fraction of sp³-hybridized carbons (Fsp3) is 1.00. The van der Waals surface area contributed by atoms with E-state index in [-0.39, 0.29) is 5.54 Å². The van der Waals surface area contributed by atoms with Gasteiger partial charge in [0, 0.05) is 12.1 Å². The number of hydrogen-bond acceptors (Lipinski definition) is 2. The maximum atomic E-state index is 5.88. The van der Waals surface area contributed by atoms with Crippen molar-refractivity contribution >= 4 is 0 Å². The summed E-state index contributed by atoms with van der Waals surface area (Å²) in [5.74, 6) is 0. The van der Waals surface area contributed by atoms with Crippen LogP contribution in [0.25, 0.3) is 0 Å². The lowest BCUT2D eigenvalue weighted by molar-refractivity contribution is 0.124. The Labute approximate surface area is 115 Å². The standard InChI is InChI=1S/C16H36N2/c1-5-7-8-9-10-11-12-14-18(13-6-2)16(3,4)15-17/h5-15,17H2,1-4H3. The van der Waals surface area contributed by atoms with E-state index in [1.54, 1.807) is 0 Å². The van der Waals surface area contributed by atoms with Crippen molar-refractivity contribution in [2.45, 2.75) is 84.6 Å². The van der Waals surface area contributed by atoms with Gasteiger partial charge in [0.1, 0.15) is 0 Å². The van der Waals surface area contributed by atoms with Gasteiger partial charge in [-0.05, 0) is 39.8 Å². The van der Waals surface area contributed by atoms with E-state index in [0.717, 1.165) is 6.54 Å². The molecule has 2 heteroatoms. The molecule has 0 amide bonds. The molecule has 0 aromatic heterocycles. The zero-order chi connectivity index (χ0) is 13.9. The molecule has 2 nitrogen and oxygen atoms in total. The minimum absolute atomic E-state index is 0.165. The van der Waals surface area contributed by atoms with Gasteiger partial charge in [-0.25, -0.2) is 0 Å². The van der Waals surface area contributed by atoms with Crippen molar-refractivity contribution in [3.05, 3.63) is 0 Å². The highest BCUT2D eigenvalue weighted by atomic mass is 15.2. The molecule has 0 aromatic rings. The SMILES string of the molecule is CCCCCCCCCN(CCC)C(C)(C)CN. The van der Waals surface area contributed by atoms with Crippen LogP contribution in [0.1, 0.15) is 79.1 Å². The number of hydrogen-bond donors (Lipinski definition) is 1. The molecule has 110 valence electrons. The van der Waals surface area contributed by atoms with Crippen molar-refractivity contribution in [2.24, 2.45) is 5.73 Å². The molecule has 0 spiro atoms. The minimum Gasteiger partial charge on any atom is -0.329 e. The lowest BCUT2D eigenvalue weighted by Crippen LogP contribution is -2.50. The lowest BCUT2D eigenvalue weighted by Gasteiger charge is -2.37. The smallest absolute Gasteiger partial charge is 0.0275 e. The first kappa shape index (κ1) is 17.9. The highest BCUT2D eigenvalue weighted by molar-refractivity contribution is 4.82. The monoisotopic (exact) mass is 256 g/mol. The first-order valence-electron chi connectivity index (χ1n) is 8.03. The summed E-state index contributed by atoms with van der Waals surface area (Å²) in [5.41, 5.74) is 6.05. The average Bonchev–Trinajstić information content (AvgIpc) is 2.36. The van der Waals surface area contributed by atoms with Crippen molar-refractivity contribution in [3.63, 3.8) is 0 Å². The zero-order valence-corrected chi connectivity index (χ0v) is 13.3. The lowest BCUT2D eigenvalue weighted by atomic mass is 10.0. The van der Waals surface area contributed by atoms with Crippen molar-refractivity contribution < 1.29 is 0 Å². The van der Waals surface area contributed by atoms with Gasteiger partial charge in [-0.3, -0.25) is 4.90 Å². The molecule has 0 rings (SSSR count). The van der Waals surface area contributed by atoms with E-state index < -0.39 is 0 Å². The van der Waals surface area contributed by atoms with Crippen LogP contribution >= 0.6 is 0 Å². The van der Waals surface area contributed by atoms with Crippen LogP contribution in [-0.4, -0.2) is 30.1 Å². The Hall–Kier alpha value is -0.0800. The van der Waals surface area contributed by atoms with Gasteiger partial charge in [0.25, 0.3) is 0 Å². The molecule has 0 radical (unpaired) electrons. The van der Waals surface area contributed by atoms with E-state index >= 15 is 0 Å². The molecule has 0 saturated carbocycles. The Morgan fingerprint density at radius 2 is 1.33 bits per heavy atom. The Balaban J connectivity index is 3.71. The third kappa shape index (κ3) is 8.10. The van der Waals surface area contributed by atoms with Crippen LogP contribution in [0.15, 0.2) is 0 Å². The Bertz CT molecular complexity index is 178. The van der Waals surface area contributed by atoms with Crippen LogP contribution in [0.2, 0.25) is 0 Å². The van der Waals surface area contributed by atoms with Gasteiger partial charge < -0.3 is 5.73 Å². The van der Waals surface area contributed by atoms with Gasteiger partial charge in [-0.2, -0.15) is 0 Å². The second-order valence-corrected chi connectivity index (χ2v) is 6.12. The van der Waals surface area contributed by atoms with Gasteiger partial charge in [-0.15, -0.1) is 0 Å². The highest BCUT2D eigenvalue weighted by Crippen LogP contribution is 2.15. The largest absolute Gasteiger partial charge is 0.329 e. The summed E-state index contributed by atoms with van der Waals surface area (Å²) in [7, 11) is 0. The van der Waals surface area contributed by atoms with Crippen molar-refractivity contribution in [1.82, 2.24) is 4.90 Å². The van der Waals surface area contributed by atoms with Crippen LogP contribution in [-0.2, 0) is 0 Å². The third-order valence-corrected chi connectivity index (χ3v) is 3.88.